The van der Waals surface area contributed by atoms with E-state index in [9.17, 15) is 9.59 Å². The Morgan fingerprint density at radius 3 is 2.47 bits per heavy atom. The molecular weight excluding hydrogens is 398 g/mol. The van der Waals surface area contributed by atoms with Gasteiger partial charge in [0.2, 0.25) is 0 Å². The van der Waals surface area contributed by atoms with Gasteiger partial charge in [0.25, 0.3) is 5.91 Å². The van der Waals surface area contributed by atoms with E-state index in [0.29, 0.717) is 6.54 Å². The van der Waals surface area contributed by atoms with E-state index in [1.165, 1.54) is 25.3 Å². The van der Waals surface area contributed by atoms with Gasteiger partial charge in [0, 0.05) is 16.5 Å². The molecule has 4 saturated carbocycles. The first-order valence-electron chi connectivity index (χ1n) is 10.8. The van der Waals surface area contributed by atoms with Crippen LogP contribution in [0.15, 0.2) is 46.4 Å². The van der Waals surface area contributed by atoms with E-state index in [1.807, 2.05) is 34.5 Å². The number of nitrogens with zero attached hydrogens (tertiary/aromatic N) is 1. The van der Waals surface area contributed by atoms with Gasteiger partial charge in [-0.05, 0) is 85.9 Å². The van der Waals surface area contributed by atoms with Gasteiger partial charge in [0.15, 0.2) is 6.61 Å². The van der Waals surface area contributed by atoms with E-state index < -0.39 is 5.97 Å². The number of thiophene rings is 1. The average molecular weight is 426 g/mol. The standard InChI is InChI=1S/C24H27NO4S/c26-22(16-29-23(27)6-5-21-4-2-8-30-21)25(15-20-3-1-7-28-20)24-12-17-9-18(13-24)11-19(10-17)14-24/h1-8,17-19H,9-16H2/b6-5+. The van der Waals surface area contributed by atoms with Gasteiger partial charge in [-0.2, -0.15) is 0 Å². The second kappa shape index (κ2) is 8.06. The normalized spacial score (nSPS) is 29.4. The van der Waals surface area contributed by atoms with Crippen molar-refractivity contribution in [3.8, 4) is 0 Å². The van der Waals surface area contributed by atoms with Gasteiger partial charge in [0.05, 0.1) is 12.8 Å². The number of ether oxygens (including phenoxy) is 1. The molecule has 30 heavy (non-hydrogen) atoms. The van der Waals surface area contributed by atoms with Crippen molar-refractivity contribution in [1.29, 1.82) is 0 Å². The zero-order valence-corrected chi connectivity index (χ0v) is 17.8. The molecule has 0 N–H and O–H groups in total. The Kier molecular flexibility index (Phi) is 5.27. The zero-order valence-electron chi connectivity index (χ0n) is 17.0. The zero-order chi connectivity index (χ0) is 20.6. The molecule has 2 aromatic heterocycles. The van der Waals surface area contributed by atoms with E-state index in [-0.39, 0.29) is 18.1 Å². The molecule has 6 rings (SSSR count). The lowest BCUT2D eigenvalue weighted by molar-refractivity contribution is -0.162. The van der Waals surface area contributed by atoms with Gasteiger partial charge in [-0.1, -0.05) is 6.07 Å². The number of furan rings is 1. The summed E-state index contributed by atoms with van der Waals surface area (Å²) in [5.41, 5.74) is -0.113. The highest BCUT2D eigenvalue weighted by atomic mass is 32.1. The summed E-state index contributed by atoms with van der Waals surface area (Å²) in [6, 6.07) is 7.62. The fourth-order valence-electron chi connectivity index (χ4n) is 6.27. The third-order valence-electron chi connectivity index (χ3n) is 7.04. The summed E-state index contributed by atoms with van der Waals surface area (Å²) in [5.74, 6) is 2.34. The molecule has 6 heteroatoms. The molecule has 4 fully saturated rings. The highest BCUT2D eigenvalue weighted by Crippen LogP contribution is 2.58. The first-order chi connectivity index (χ1) is 14.6. The van der Waals surface area contributed by atoms with Crippen LogP contribution in [0.25, 0.3) is 6.08 Å². The fraction of sp³-hybridized carbons (Fsp3) is 0.500. The molecule has 0 spiro atoms. The summed E-state index contributed by atoms with van der Waals surface area (Å²) < 4.78 is 10.9. The van der Waals surface area contributed by atoms with Crippen molar-refractivity contribution in [2.45, 2.75) is 50.6 Å². The molecule has 4 aliphatic rings. The van der Waals surface area contributed by atoms with E-state index in [4.69, 9.17) is 9.15 Å². The molecule has 5 nitrogen and oxygen atoms in total. The van der Waals surface area contributed by atoms with Crippen LogP contribution in [0, 0.1) is 17.8 Å². The van der Waals surface area contributed by atoms with Crippen molar-refractivity contribution in [1.82, 2.24) is 4.90 Å². The van der Waals surface area contributed by atoms with Crippen LogP contribution < -0.4 is 0 Å². The van der Waals surface area contributed by atoms with E-state index >= 15 is 0 Å². The summed E-state index contributed by atoms with van der Waals surface area (Å²) in [6.45, 7) is 0.219. The lowest BCUT2D eigenvalue weighted by Gasteiger charge is -2.60. The lowest BCUT2D eigenvalue weighted by Crippen LogP contribution is -2.61. The van der Waals surface area contributed by atoms with Gasteiger partial charge >= 0.3 is 5.97 Å². The lowest BCUT2D eigenvalue weighted by atomic mass is 9.52. The molecule has 0 saturated heterocycles. The summed E-state index contributed by atoms with van der Waals surface area (Å²) in [6.07, 6.45) is 11.9. The Hall–Kier alpha value is -2.34. The number of hydrogen-bond donors (Lipinski definition) is 0. The molecule has 2 aromatic rings. The number of amides is 1. The molecule has 2 heterocycles. The maximum absolute atomic E-state index is 13.3. The minimum Gasteiger partial charge on any atom is -0.467 e. The van der Waals surface area contributed by atoms with Crippen LogP contribution in [0.4, 0.5) is 0 Å². The largest absolute Gasteiger partial charge is 0.467 e. The molecule has 4 aliphatic carbocycles. The second-order valence-corrected chi connectivity index (χ2v) is 10.1. The van der Waals surface area contributed by atoms with Crippen LogP contribution in [-0.4, -0.2) is 28.9 Å². The van der Waals surface area contributed by atoms with Gasteiger partial charge in [-0.3, -0.25) is 4.79 Å². The minimum atomic E-state index is -0.486. The Labute approximate surface area is 180 Å². The summed E-state index contributed by atoms with van der Waals surface area (Å²) >= 11 is 1.55. The van der Waals surface area contributed by atoms with Crippen molar-refractivity contribution >= 4 is 29.3 Å². The second-order valence-electron chi connectivity index (χ2n) is 9.16. The molecule has 0 aliphatic heterocycles. The predicted molar refractivity (Wildman–Crippen MR) is 114 cm³/mol. The molecule has 0 unspecified atom stereocenters. The summed E-state index contributed by atoms with van der Waals surface area (Å²) in [7, 11) is 0. The van der Waals surface area contributed by atoms with Crippen LogP contribution >= 0.6 is 11.3 Å². The Morgan fingerprint density at radius 2 is 1.87 bits per heavy atom. The minimum absolute atomic E-state index is 0.113. The SMILES string of the molecule is O=C(/C=C/c1cccs1)OCC(=O)N(Cc1ccco1)C12CC3CC(CC(C3)C1)C2. The Bertz CT molecular complexity index is 880. The maximum atomic E-state index is 13.3. The highest BCUT2D eigenvalue weighted by molar-refractivity contribution is 7.10. The number of hydrogen-bond acceptors (Lipinski definition) is 5. The van der Waals surface area contributed by atoms with Gasteiger partial charge < -0.3 is 14.1 Å². The van der Waals surface area contributed by atoms with Crippen molar-refractivity contribution in [3.05, 3.63) is 52.6 Å². The molecule has 1 amide bonds. The van der Waals surface area contributed by atoms with Crippen molar-refractivity contribution in [3.63, 3.8) is 0 Å². The van der Waals surface area contributed by atoms with E-state index in [2.05, 4.69) is 0 Å². The molecule has 0 atom stereocenters. The molecule has 4 bridgehead atoms. The molecule has 158 valence electrons. The Morgan fingerprint density at radius 1 is 1.13 bits per heavy atom. The number of carbonyl (C=O) groups is 2. The van der Waals surface area contributed by atoms with Crippen LogP contribution in [0.2, 0.25) is 0 Å². The number of rotatable bonds is 7. The van der Waals surface area contributed by atoms with Gasteiger partial charge in [-0.15, -0.1) is 11.3 Å². The summed E-state index contributed by atoms with van der Waals surface area (Å²) in [4.78, 5) is 28.4. The third-order valence-corrected chi connectivity index (χ3v) is 7.88. The molecule has 0 radical (unpaired) electrons. The average Bonchev–Trinajstić information content (AvgIpc) is 3.41. The number of carbonyl (C=O) groups excluding carboxylic acids is 2. The highest BCUT2D eigenvalue weighted by Gasteiger charge is 2.54. The summed E-state index contributed by atoms with van der Waals surface area (Å²) in [5, 5.41) is 1.95. The first-order valence-corrected chi connectivity index (χ1v) is 11.7. The van der Waals surface area contributed by atoms with Crippen LogP contribution in [0.3, 0.4) is 0 Å². The number of esters is 1. The van der Waals surface area contributed by atoms with Crippen molar-refractivity contribution in [2.24, 2.45) is 17.8 Å². The molecule has 0 aromatic carbocycles. The quantitative estimate of drug-likeness (QED) is 0.468. The monoisotopic (exact) mass is 425 g/mol. The smallest absolute Gasteiger partial charge is 0.331 e. The Balaban J connectivity index is 1.29. The molecular formula is C24H27NO4S. The maximum Gasteiger partial charge on any atom is 0.331 e. The van der Waals surface area contributed by atoms with Crippen LogP contribution in [0.1, 0.15) is 49.2 Å². The first kappa shape index (κ1) is 19.6. The predicted octanol–water partition coefficient (Wildman–Crippen LogP) is 4.90. The van der Waals surface area contributed by atoms with Crippen LogP contribution in [0.5, 0.6) is 0 Å². The van der Waals surface area contributed by atoms with E-state index in [0.717, 1.165) is 47.7 Å². The van der Waals surface area contributed by atoms with Gasteiger partial charge in [0.1, 0.15) is 5.76 Å². The fourth-order valence-corrected chi connectivity index (χ4v) is 6.89. The van der Waals surface area contributed by atoms with E-state index in [1.54, 1.807) is 23.7 Å². The third kappa shape index (κ3) is 3.97. The van der Waals surface area contributed by atoms with Crippen molar-refractivity contribution in [2.75, 3.05) is 6.61 Å². The van der Waals surface area contributed by atoms with Crippen molar-refractivity contribution < 1.29 is 18.7 Å². The van der Waals surface area contributed by atoms with Crippen LogP contribution in [-0.2, 0) is 20.9 Å². The topological polar surface area (TPSA) is 59.8 Å². The van der Waals surface area contributed by atoms with Gasteiger partial charge in [-0.25, -0.2) is 4.79 Å².